The van der Waals surface area contributed by atoms with E-state index in [0.717, 1.165) is 17.1 Å². The second-order valence-electron chi connectivity index (χ2n) is 6.55. The van der Waals surface area contributed by atoms with Crippen LogP contribution in [0.25, 0.3) is 5.69 Å². The molecule has 0 atom stereocenters. The molecule has 1 aliphatic rings. The Bertz CT molecular complexity index is 973. The molecule has 0 spiro atoms. The Balaban J connectivity index is 1.59. The molecule has 132 valence electrons. The van der Waals surface area contributed by atoms with Gasteiger partial charge in [0.15, 0.2) is 5.82 Å². The van der Waals surface area contributed by atoms with Crippen molar-refractivity contribution >= 4 is 11.7 Å². The fourth-order valence-electron chi connectivity index (χ4n) is 3.26. The van der Waals surface area contributed by atoms with Gasteiger partial charge in [-0.15, -0.1) is 5.10 Å². The molecule has 0 aliphatic heterocycles. The molecular weight excluding hydrogens is 333 g/mol. The molecule has 0 unspecified atom stereocenters. The summed E-state index contributed by atoms with van der Waals surface area (Å²) in [6, 6.07) is 8.15. The lowest BCUT2D eigenvalue weighted by atomic mass is 9.94. The van der Waals surface area contributed by atoms with Crippen molar-refractivity contribution in [3.63, 3.8) is 0 Å². The molecule has 6 nitrogen and oxygen atoms in total. The van der Waals surface area contributed by atoms with E-state index >= 15 is 0 Å². The maximum atomic E-state index is 14.1. The molecule has 1 fully saturated rings. The summed E-state index contributed by atoms with van der Waals surface area (Å²) >= 11 is 0. The summed E-state index contributed by atoms with van der Waals surface area (Å²) in [5.41, 5.74) is 2.02. The van der Waals surface area contributed by atoms with Crippen LogP contribution in [0, 0.1) is 19.7 Å². The molecule has 1 aromatic carbocycles. The number of amides is 1. The topological polar surface area (TPSA) is 72.7 Å². The number of aryl methyl sites for hydroxylation is 2. The standard InChI is InChI=1S/C19H18FN5O/c1-12-17(13(2)22-11-21-12)25-10-7-16(24-25)23-18(26)19(8-9-19)14-5-3-4-6-15(14)20/h3-7,10-11H,8-9H2,1-2H3,(H,23,24,26). The van der Waals surface area contributed by atoms with Crippen molar-refractivity contribution in [1.82, 2.24) is 19.7 Å². The Morgan fingerprint density at radius 2 is 1.85 bits per heavy atom. The van der Waals surface area contributed by atoms with Crippen molar-refractivity contribution < 1.29 is 9.18 Å². The first-order valence-electron chi connectivity index (χ1n) is 8.42. The van der Waals surface area contributed by atoms with E-state index in [2.05, 4.69) is 20.4 Å². The third-order valence-corrected chi connectivity index (χ3v) is 4.82. The molecule has 0 radical (unpaired) electrons. The quantitative estimate of drug-likeness (QED) is 0.784. The molecule has 1 saturated carbocycles. The SMILES string of the molecule is Cc1ncnc(C)c1-n1ccc(NC(=O)C2(c3ccccc3F)CC2)n1. The van der Waals surface area contributed by atoms with E-state index in [1.807, 2.05) is 13.8 Å². The molecule has 2 aromatic heterocycles. The first-order chi connectivity index (χ1) is 12.5. The molecule has 2 heterocycles. The van der Waals surface area contributed by atoms with Gasteiger partial charge in [-0.1, -0.05) is 18.2 Å². The summed E-state index contributed by atoms with van der Waals surface area (Å²) in [6.07, 6.45) is 4.51. The number of aromatic nitrogens is 4. The van der Waals surface area contributed by atoms with Crippen molar-refractivity contribution in [1.29, 1.82) is 0 Å². The number of carbonyl (C=O) groups excluding carboxylic acids is 1. The molecule has 4 rings (SSSR count). The highest BCUT2D eigenvalue weighted by molar-refractivity contribution is 6.00. The van der Waals surface area contributed by atoms with Crippen LogP contribution in [0.5, 0.6) is 0 Å². The van der Waals surface area contributed by atoms with Crippen LogP contribution in [-0.4, -0.2) is 25.7 Å². The highest BCUT2D eigenvalue weighted by Gasteiger charge is 2.52. The lowest BCUT2D eigenvalue weighted by Gasteiger charge is -2.15. The fourth-order valence-corrected chi connectivity index (χ4v) is 3.26. The van der Waals surface area contributed by atoms with Crippen LogP contribution in [-0.2, 0) is 10.2 Å². The molecule has 0 bridgehead atoms. The van der Waals surface area contributed by atoms with Crippen LogP contribution in [0.2, 0.25) is 0 Å². The van der Waals surface area contributed by atoms with Crippen molar-refractivity contribution in [3.8, 4) is 5.69 Å². The van der Waals surface area contributed by atoms with Crippen molar-refractivity contribution in [2.45, 2.75) is 32.1 Å². The zero-order chi connectivity index (χ0) is 18.3. The Morgan fingerprint density at radius 3 is 2.50 bits per heavy atom. The Hall–Kier alpha value is -3.09. The van der Waals surface area contributed by atoms with E-state index < -0.39 is 5.41 Å². The Morgan fingerprint density at radius 1 is 1.15 bits per heavy atom. The van der Waals surface area contributed by atoms with Crippen molar-refractivity contribution in [3.05, 3.63) is 65.6 Å². The molecule has 26 heavy (non-hydrogen) atoms. The third-order valence-electron chi connectivity index (χ3n) is 4.82. The summed E-state index contributed by atoms with van der Waals surface area (Å²) in [5, 5.41) is 7.23. The maximum Gasteiger partial charge on any atom is 0.236 e. The first kappa shape index (κ1) is 16.4. The van der Waals surface area contributed by atoms with Crippen LogP contribution >= 0.6 is 0 Å². The Kier molecular flexibility index (Phi) is 3.79. The van der Waals surface area contributed by atoms with E-state index in [0.29, 0.717) is 24.2 Å². The molecule has 1 amide bonds. The van der Waals surface area contributed by atoms with Gasteiger partial charge in [0.25, 0.3) is 0 Å². The van der Waals surface area contributed by atoms with E-state index in [4.69, 9.17) is 0 Å². The average molecular weight is 351 g/mol. The minimum atomic E-state index is -0.795. The number of hydrogen-bond acceptors (Lipinski definition) is 4. The average Bonchev–Trinajstić information content (AvgIpc) is 3.30. The van der Waals surface area contributed by atoms with E-state index in [1.165, 1.54) is 12.4 Å². The molecule has 3 aromatic rings. The predicted molar refractivity (Wildman–Crippen MR) is 94.6 cm³/mol. The van der Waals surface area contributed by atoms with Gasteiger partial charge in [-0.3, -0.25) is 4.79 Å². The number of anilines is 1. The highest BCUT2D eigenvalue weighted by atomic mass is 19.1. The number of rotatable bonds is 4. The zero-order valence-corrected chi connectivity index (χ0v) is 14.5. The van der Waals surface area contributed by atoms with Crippen LogP contribution in [0.15, 0.2) is 42.9 Å². The van der Waals surface area contributed by atoms with Gasteiger partial charge in [-0.2, -0.15) is 0 Å². The van der Waals surface area contributed by atoms with Gasteiger partial charge in [0.05, 0.1) is 16.8 Å². The summed E-state index contributed by atoms with van der Waals surface area (Å²) in [7, 11) is 0. The minimum Gasteiger partial charge on any atom is -0.308 e. The van der Waals surface area contributed by atoms with Crippen LogP contribution in [0.4, 0.5) is 10.2 Å². The monoisotopic (exact) mass is 351 g/mol. The van der Waals surface area contributed by atoms with Crippen molar-refractivity contribution in [2.75, 3.05) is 5.32 Å². The first-order valence-corrected chi connectivity index (χ1v) is 8.42. The van der Waals surface area contributed by atoms with Gasteiger partial charge >= 0.3 is 0 Å². The maximum absolute atomic E-state index is 14.1. The lowest BCUT2D eigenvalue weighted by molar-refractivity contribution is -0.118. The smallest absolute Gasteiger partial charge is 0.236 e. The van der Waals surface area contributed by atoms with Gasteiger partial charge in [-0.05, 0) is 32.8 Å². The normalized spacial score (nSPS) is 14.9. The lowest BCUT2D eigenvalue weighted by Crippen LogP contribution is -2.29. The molecule has 7 heteroatoms. The fraction of sp³-hybridized carbons (Fsp3) is 0.263. The summed E-state index contributed by atoms with van der Waals surface area (Å²) in [6.45, 7) is 3.75. The number of benzene rings is 1. The Labute approximate surface area is 150 Å². The summed E-state index contributed by atoms with van der Waals surface area (Å²) < 4.78 is 15.8. The van der Waals surface area contributed by atoms with Crippen LogP contribution in [0.3, 0.4) is 0 Å². The van der Waals surface area contributed by atoms with Gasteiger partial charge in [-0.25, -0.2) is 19.0 Å². The van der Waals surface area contributed by atoms with Gasteiger partial charge in [0, 0.05) is 17.8 Å². The number of carbonyl (C=O) groups is 1. The minimum absolute atomic E-state index is 0.231. The van der Waals surface area contributed by atoms with E-state index in [9.17, 15) is 9.18 Å². The second kappa shape index (κ2) is 6.01. The number of hydrogen-bond donors (Lipinski definition) is 1. The zero-order valence-electron chi connectivity index (χ0n) is 14.5. The number of nitrogens with zero attached hydrogens (tertiary/aromatic N) is 4. The summed E-state index contributed by atoms with van der Waals surface area (Å²) in [4.78, 5) is 21.1. The van der Waals surface area contributed by atoms with Crippen LogP contribution < -0.4 is 5.32 Å². The second-order valence-corrected chi connectivity index (χ2v) is 6.55. The largest absolute Gasteiger partial charge is 0.308 e. The molecule has 1 N–H and O–H groups in total. The number of halogens is 1. The van der Waals surface area contributed by atoms with Crippen LogP contribution in [0.1, 0.15) is 29.8 Å². The molecular formula is C19H18FN5O. The van der Waals surface area contributed by atoms with Crippen molar-refractivity contribution in [2.24, 2.45) is 0 Å². The van der Waals surface area contributed by atoms with E-state index in [-0.39, 0.29) is 11.7 Å². The van der Waals surface area contributed by atoms with Gasteiger partial charge < -0.3 is 5.32 Å². The molecule has 0 saturated heterocycles. The van der Waals surface area contributed by atoms with Gasteiger partial charge in [0.1, 0.15) is 17.8 Å². The highest BCUT2D eigenvalue weighted by Crippen LogP contribution is 2.49. The van der Waals surface area contributed by atoms with Gasteiger partial charge in [0.2, 0.25) is 5.91 Å². The van der Waals surface area contributed by atoms with E-state index in [1.54, 1.807) is 35.1 Å². The summed E-state index contributed by atoms with van der Waals surface area (Å²) in [5.74, 6) is -0.163. The molecule has 1 aliphatic carbocycles. The predicted octanol–water partition coefficient (Wildman–Crippen LogP) is 3.09. The third kappa shape index (κ3) is 2.65. The number of nitrogens with one attached hydrogen (secondary N) is 1.